The lowest BCUT2D eigenvalue weighted by Gasteiger charge is -2.08. The molecule has 2 aromatic carbocycles. The lowest BCUT2D eigenvalue weighted by molar-refractivity contribution is 0.398. The summed E-state index contributed by atoms with van der Waals surface area (Å²) in [5.41, 5.74) is 1.91. The first-order chi connectivity index (χ1) is 9.70. The molecule has 3 N–H and O–H groups in total. The first-order valence-electron chi connectivity index (χ1n) is 6.54. The van der Waals surface area contributed by atoms with E-state index in [4.69, 9.17) is 4.74 Å². The Morgan fingerprint density at radius 1 is 1.05 bits per heavy atom. The maximum absolute atomic E-state index is 9.67. The molecule has 0 radical (unpaired) electrons. The molecular formula is C16H19NO3. The predicted octanol–water partition coefficient (Wildman–Crippen LogP) is 2.44. The van der Waals surface area contributed by atoms with Crippen LogP contribution in [0.2, 0.25) is 0 Å². The van der Waals surface area contributed by atoms with E-state index >= 15 is 0 Å². The van der Waals surface area contributed by atoms with Crippen LogP contribution in [0.4, 0.5) is 0 Å². The molecule has 2 rings (SSSR count). The minimum Gasteiger partial charge on any atom is -0.504 e. The molecule has 0 saturated heterocycles. The third-order valence-electron chi connectivity index (χ3n) is 3.16. The van der Waals surface area contributed by atoms with E-state index < -0.39 is 0 Å². The van der Waals surface area contributed by atoms with Crippen LogP contribution in [0.5, 0.6) is 17.2 Å². The maximum Gasteiger partial charge on any atom is 0.161 e. The summed E-state index contributed by atoms with van der Waals surface area (Å²) in [7, 11) is 1.65. The summed E-state index contributed by atoms with van der Waals surface area (Å²) in [5, 5.41) is 22.3. The average Bonchev–Trinajstić information content (AvgIpc) is 2.48. The zero-order valence-corrected chi connectivity index (χ0v) is 11.5. The highest BCUT2D eigenvalue weighted by atomic mass is 16.5. The van der Waals surface area contributed by atoms with Gasteiger partial charge >= 0.3 is 0 Å². The summed E-state index contributed by atoms with van der Waals surface area (Å²) in [4.78, 5) is 0. The van der Waals surface area contributed by atoms with Crippen LogP contribution < -0.4 is 10.1 Å². The van der Waals surface area contributed by atoms with Crippen LogP contribution in [0.3, 0.4) is 0 Å². The fourth-order valence-electron chi connectivity index (χ4n) is 1.97. The number of rotatable bonds is 6. The van der Waals surface area contributed by atoms with Crippen molar-refractivity contribution < 1.29 is 14.9 Å². The average molecular weight is 273 g/mol. The molecule has 0 aromatic heterocycles. The van der Waals surface area contributed by atoms with Crippen molar-refractivity contribution in [3.8, 4) is 17.2 Å². The molecular weight excluding hydrogens is 254 g/mol. The second-order valence-corrected chi connectivity index (χ2v) is 4.56. The van der Waals surface area contributed by atoms with Crippen LogP contribution in [-0.4, -0.2) is 23.9 Å². The van der Waals surface area contributed by atoms with Gasteiger partial charge in [-0.25, -0.2) is 0 Å². The minimum atomic E-state index is -0.0838. The molecule has 0 atom stereocenters. The smallest absolute Gasteiger partial charge is 0.161 e. The van der Waals surface area contributed by atoms with Crippen molar-refractivity contribution in [2.75, 3.05) is 13.7 Å². The number of hydrogen-bond donors (Lipinski definition) is 3. The number of nitrogens with one attached hydrogen (secondary N) is 1. The van der Waals surface area contributed by atoms with Crippen molar-refractivity contribution in [2.45, 2.75) is 13.0 Å². The summed E-state index contributed by atoms with van der Waals surface area (Å²) < 4.78 is 5.11. The summed E-state index contributed by atoms with van der Waals surface area (Å²) in [6.07, 6.45) is 0.892. The molecule has 106 valence electrons. The van der Waals surface area contributed by atoms with Crippen molar-refractivity contribution in [1.29, 1.82) is 0 Å². The number of aromatic hydroxyl groups is 2. The Bertz CT molecular complexity index is 552. The fraction of sp³-hybridized carbons (Fsp3) is 0.250. The highest BCUT2D eigenvalue weighted by molar-refractivity contribution is 5.44. The Balaban J connectivity index is 1.80. The second kappa shape index (κ2) is 6.82. The van der Waals surface area contributed by atoms with E-state index in [-0.39, 0.29) is 11.5 Å². The van der Waals surface area contributed by atoms with Crippen molar-refractivity contribution in [1.82, 2.24) is 5.32 Å². The summed E-state index contributed by atoms with van der Waals surface area (Å²) in [6, 6.07) is 12.9. The van der Waals surface area contributed by atoms with E-state index in [2.05, 4.69) is 5.32 Å². The van der Waals surface area contributed by atoms with E-state index in [1.807, 2.05) is 24.3 Å². The standard InChI is InChI=1S/C16H19NO3/c1-20-14-7-5-12(6-8-14)9-10-17-11-13-3-2-4-15(18)16(13)19/h2-8,17-19H,9-11H2,1H3. The van der Waals surface area contributed by atoms with Gasteiger partial charge in [0.05, 0.1) is 7.11 Å². The lowest BCUT2D eigenvalue weighted by atomic mass is 10.1. The molecule has 0 bridgehead atoms. The third-order valence-corrected chi connectivity index (χ3v) is 3.16. The SMILES string of the molecule is COc1ccc(CCNCc2cccc(O)c2O)cc1. The zero-order chi connectivity index (χ0) is 14.4. The molecule has 0 aliphatic carbocycles. The quantitative estimate of drug-likeness (QED) is 0.559. The van der Waals surface area contributed by atoms with E-state index in [1.165, 1.54) is 11.6 Å². The van der Waals surface area contributed by atoms with Gasteiger partial charge in [-0.2, -0.15) is 0 Å². The van der Waals surface area contributed by atoms with Gasteiger partial charge in [-0.1, -0.05) is 24.3 Å². The molecule has 2 aromatic rings. The Labute approximate surface area is 118 Å². The number of phenolic OH excluding ortho intramolecular Hbond substituents is 2. The van der Waals surface area contributed by atoms with E-state index in [0.717, 1.165) is 18.7 Å². The Morgan fingerprint density at radius 2 is 1.80 bits per heavy atom. The van der Waals surface area contributed by atoms with Gasteiger partial charge in [0.25, 0.3) is 0 Å². The highest BCUT2D eigenvalue weighted by Crippen LogP contribution is 2.27. The molecule has 0 unspecified atom stereocenters. The van der Waals surface area contributed by atoms with Gasteiger partial charge in [0.15, 0.2) is 11.5 Å². The normalized spacial score (nSPS) is 10.4. The second-order valence-electron chi connectivity index (χ2n) is 4.56. The van der Waals surface area contributed by atoms with Crippen molar-refractivity contribution in [3.05, 3.63) is 53.6 Å². The molecule has 0 saturated carbocycles. The predicted molar refractivity (Wildman–Crippen MR) is 78.2 cm³/mol. The number of benzene rings is 2. The summed E-state index contributed by atoms with van der Waals surface area (Å²) in [5.74, 6) is 0.718. The van der Waals surface area contributed by atoms with Crippen LogP contribution in [0.15, 0.2) is 42.5 Å². The number of phenols is 2. The number of methoxy groups -OCH3 is 1. The van der Waals surface area contributed by atoms with Gasteiger partial charge in [-0.15, -0.1) is 0 Å². The van der Waals surface area contributed by atoms with E-state index in [1.54, 1.807) is 19.2 Å². The molecule has 0 amide bonds. The third kappa shape index (κ3) is 3.65. The van der Waals surface area contributed by atoms with Gasteiger partial charge in [0, 0.05) is 12.1 Å². The van der Waals surface area contributed by atoms with Crippen LogP contribution in [0.1, 0.15) is 11.1 Å². The van der Waals surface area contributed by atoms with Crippen LogP contribution >= 0.6 is 0 Å². The molecule has 0 aliphatic heterocycles. The molecule has 0 fully saturated rings. The molecule has 0 heterocycles. The molecule has 0 aliphatic rings. The van der Waals surface area contributed by atoms with Crippen molar-refractivity contribution in [3.63, 3.8) is 0 Å². The Hall–Kier alpha value is -2.20. The monoisotopic (exact) mass is 273 g/mol. The largest absolute Gasteiger partial charge is 0.504 e. The lowest BCUT2D eigenvalue weighted by Crippen LogP contribution is -2.16. The van der Waals surface area contributed by atoms with Crippen LogP contribution in [0, 0.1) is 0 Å². The summed E-state index contributed by atoms with van der Waals surface area (Å²) in [6.45, 7) is 1.32. The molecule has 4 heteroatoms. The fourth-order valence-corrected chi connectivity index (χ4v) is 1.97. The zero-order valence-electron chi connectivity index (χ0n) is 11.5. The Kier molecular flexibility index (Phi) is 4.85. The highest BCUT2D eigenvalue weighted by Gasteiger charge is 2.04. The Morgan fingerprint density at radius 3 is 2.50 bits per heavy atom. The van der Waals surface area contributed by atoms with Gasteiger partial charge in [0.1, 0.15) is 5.75 Å². The number of para-hydroxylation sites is 1. The summed E-state index contributed by atoms with van der Waals surface area (Å²) >= 11 is 0. The minimum absolute atomic E-state index is 0.0514. The first kappa shape index (κ1) is 14.2. The first-order valence-corrected chi connectivity index (χ1v) is 6.54. The maximum atomic E-state index is 9.67. The van der Waals surface area contributed by atoms with Gasteiger partial charge < -0.3 is 20.3 Å². The van der Waals surface area contributed by atoms with Gasteiger partial charge in [0.2, 0.25) is 0 Å². The van der Waals surface area contributed by atoms with Gasteiger partial charge in [-0.05, 0) is 36.7 Å². The van der Waals surface area contributed by atoms with Crippen molar-refractivity contribution in [2.24, 2.45) is 0 Å². The molecule has 4 nitrogen and oxygen atoms in total. The topological polar surface area (TPSA) is 61.7 Å². The van der Waals surface area contributed by atoms with Crippen LogP contribution in [0.25, 0.3) is 0 Å². The number of hydrogen-bond acceptors (Lipinski definition) is 4. The molecule has 20 heavy (non-hydrogen) atoms. The number of ether oxygens (including phenoxy) is 1. The van der Waals surface area contributed by atoms with Gasteiger partial charge in [-0.3, -0.25) is 0 Å². The van der Waals surface area contributed by atoms with Crippen LogP contribution in [-0.2, 0) is 13.0 Å². The van der Waals surface area contributed by atoms with Crippen molar-refractivity contribution >= 4 is 0 Å². The van der Waals surface area contributed by atoms with E-state index in [9.17, 15) is 10.2 Å². The van der Waals surface area contributed by atoms with E-state index in [0.29, 0.717) is 12.1 Å². The molecule has 0 spiro atoms.